The van der Waals surface area contributed by atoms with E-state index in [4.69, 9.17) is 0 Å². The van der Waals surface area contributed by atoms with Gasteiger partial charge in [0, 0.05) is 0 Å². The van der Waals surface area contributed by atoms with Crippen molar-refractivity contribution >= 4 is 0 Å². The standard InChI is InChI=1S/C20H23N/c1-15-5-7-16(8-6-15)9-10-17-11-18(14-21)13-19(12-17)20(2,3)4/h5-8,11-13H,9-10H2,1-4H3. The molecule has 0 bridgehead atoms. The van der Waals surface area contributed by atoms with E-state index >= 15 is 0 Å². The molecule has 0 radical (unpaired) electrons. The van der Waals surface area contributed by atoms with E-state index in [0.29, 0.717) is 0 Å². The molecule has 0 unspecified atom stereocenters. The van der Waals surface area contributed by atoms with Crippen molar-refractivity contribution in [1.82, 2.24) is 0 Å². The van der Waals surface area contributed by atoms with Gasteiger partial charge in [0.15, 0.2) is 0 Å². The Kier molecular flexibility index (Phi) is 4.48. The van der Waals surface area contributed by atoms with E-state index in [1.54, 1.807) is 0 Å². The van der Waals surface area contributed by atoms with E-state index < -0.39 is 0 Å². The van der Waals surface area contributed by atoms with Crippen molar-refractivity contribution < 1.29 is 0 Å². The Morgan fingerprint density at radius 3 is 2.10 bits per heavy atom. The van der Waals surface area contributed by atoms with Gasteiger partial charge in [-0.2, -0.15) is 5.26 Å². The molecule has 0 heterocycles. The molecule has 21 heavy (non-hydrogen) atoms. The monoisotopic (exact) mass is 277 g/mol. The largest absolute Gasteiger partial charge is 0.192 e. The normalized spacial score (nSPS) is 11.2. The van der Waals surface area contributed by atoms with Crippen molar-refractivity contribution in [3.63, 3.8) is 0 Å². The number of hydrogen-bond donors (Lipinski definition) is 0. The molecule has 0 N–H and O–H groups in total. The predicted molar refractivity (Wildman–Crippen MR) is 88.4 cm³/mol. The smallest absolute Gasteiger partial charge is 0.0991 e. The summed E-state index contributed by atoms with van der Waals surface area (Å²) < 4.78 is 0. The van der Waals surface area contributed by atoms with Gasteiger partial charge in [-0.25, -0.2) is 0 Å². The summed E-state index contributed by atoms with van der Waals surface area (Å²) in [5.41, 5.74) is 5.97. The maximum absolute atomic E-state index is 9.22. The third kappa shape index (κ3) is 4.20. The number of hydrogen-bond acceptors (Lipinski definition) is 1. The molecule has 0 saturated carbocycles. The molecule has 0 spiro atoms. The van der Waals surface area contributed by atoms with Crippen LogP contribution in [0.1, 0.15) is 48.6 Å². The third-order valence-corrected chi connectivity index (χ3v) is 3.81. The summed E-state index contributed by atoms with van der Waals surface area (Å²) in [7, 11) is 0. The van der Waals surface area contributed by atoms with Crippen LogP contribution in [0.4, 0.5) is 0 Å². The molecule has 1 heteroatoms. The van der Waals surface area contributed by atoms with Gasteiger partial charge in [0.05, 0.1) is 11.6 Å². The highest BCUT2D eigenvalue weighted by Gasteiger charge is 2.15. The van der Waals surface area contributed by atoms with Crippen molar-refractivity contribution in [2.24, 2.45) is 0 Å². The maximum atomic E-state index is 9.22. The summed E-state index contributed by atoms with van der Waals surface area (Å²) in [5, 5.41) is 9.22. The number of nitrogens with zero attached hydrogens (tertiary/aromatic N) is 1. The fourth-order valence-corrected chi connectivity index (χ4v) is 2.38. The lowest BCUT2D eigenvalue weighted by Gasteiger charge is -2.20. The second-order valence-corrected chi connectivity index (χ2v) is 6.77. The van der Waals surface area contributed by atoms with Crippen molar-refractivity contribution in [2.45, 2.75) is 46.0 Å². The Bertz CT molecular complexity index is 652. The highest BCUT2D eigenvalue weighted by molar-refractivity contribution is 5.40. The Morgan fingerprint density at radius 1 is 0.905 bits per heavy atom. The fraction of sp³-hybridized carbons (Fsp3) is 0.350. The Hall–Kier alpha value is -2.07. The van der Waals surface area contributed by atoms with Gasteiger partial charge in [-0.15, -0.1) is 0 Å². The van der Waals surface area contributed by atoms with Gasteiger partial charge in [-0.1, -0.05) is 56.7 Å². The van der Waals surface area contributed by atoms with E-state index in [1.807, 2.05) is 12.1 Å². The second kappa shape index (κ2) is 6.14. The van der Waals surface area contributed by atoms with Crippen LogP contribution in [0.2, 0.25) is 0 Å². The SMILES string of the molecule is Cc1ccc(CCc2cc(C#N)cc(C(C)(C)C)c2)cc1. The lowest BCUT2D eigenvalue weighted by molar-refractivity contribution is 0.589. The second-order valence-electron chi connectivity index (χ2n) is 6.77. The van der Waals surface area contributed by atoms with Gasteiger partial charge in [0.25, 0.3) is 0 Å². The first kappa shape index (κ1) is 15.3. The molecule has 0 aliphatic carbocycles. The minimum atomic E-state index is 0.0749. The molecule has 2 aromatic rings. The van der Waals surface area contributed by atoms with Crippen molar-refractivity contribution in [3.05, 3.63) is 70.3 Å². The lowest BCUT2D eigenvalue weighted by atomic mass is 9.84. The third-order valence-electron chi connectivity index (χ3n) is 3.81. The van der Waals surface area contributed by atoms with E-state index in [2.05, 4.69) is 64.1 Å². The highest BCUT2D eigenvalue weighted by Crippen LogP contribution is 2.25. The molecule has 0 amide bonds. The highest BCUT2D eigenvalue weighted by atomic mass is 14.3. The molecule has 2 aromatic carbocycles. The topological polar surface area (TPSA) is 23.8 Å². The summed E-state index contributed by atoms with van der Waals surface area (Å²) in [6, 6.07) is 17.2. The number of nitriles is 1. The Morgan fingerprint density at radius 2 is 1.52 bits per heavy atom. The minimum Gasteiger partial charge on any atom is -0.192 e. The average molecular weight is 277 g/mol. The van der Waals surface area contributed by atoms with Gasteiger partial charge in [0.2, 0.25) is 0 Å². The van der Waals surface area contributed by atoms with Gasteiger partial charge < -0.3 is 0 Å². The lowest BCUT2D eigenvalue weighted by Crippen LogP contribution is -2.12. The van der Waals surface area contributed by atoms with Gasteiger partial charge in [0.1, 0.15) is 0 Å². The molecule has 0 aliphatic rings. The van der Waals surface area contributed by atoms with Gasteiger partial charge >= 0.3 is 0 Å². The quantitative estimate of drug-likeness (QED) is 0.778. The average Bonchev–Trinajstić information content (AvgIpc) is 2.45. The fourth-order valence-electron chi connectivity index (χ4n) is 2.38. The van der Waals surface area contributed by atoms with Crippen LogP contribution in [-0.4, -0.2) is 0 Å². The maximum Gasteiger partial charge on any atom is 0.0991 e. The first-order chi connectivity index (χ1) is 9.88. The summed E-state index contributed by atoms with van der Waals surface area (Å²) in [6.45, 7) is 8.67. The van der Waals surface area contributed by atoms with E-state index in [1.165, 1.54) is 22.3 Å². The molecule has 0 saturated heterocycles. The molecule has 0 aliphatic heterocycles. The molecule has 1 nitrogen and oxygen atoms in total. The zero-order valence-corrected chi connectivity index (χ0v) is 13.4. The van der Waals surface area contributed by atoms with E-state index in [9.17, 15) is 5.26 Å². The molecule has 108 valence electrons. The van der Waals surface area contributed by atoms with Crippen LogP contribution in [0.3, 0.4) is 0 Å². The molecular formula is C20H23N. The van der Waals surface area contributed by atoms with Crippen LogP contribution in [0.25, 0.3) is 0 Å². The zero-order chi connectivity index (χ0) is 15.5. The van der Waals surface area contributed by atoms with Crippen molar-refractivity contribution in [1.29, 1.82) is 5.26 Å². The predicted octanol–water partition coefficient (Wildman–Crippen LogP) is 4.95. The Labute approximate surface area is 128 Å². The number of benzene rings is 2. The molecule has 0 fully saturated rings. The van der Waals surface area contributed by atoms with Crippen LogP contribution in [0.15, 0.2) is 42.5 Å². The van der Waals surface area contributed by atoms with E-state index in [-0.39, 0.29) is 5.41 Å². The molecule has 2 rings (SSSR count). The van der Waals surface area contributed by atoms with Crippen molar-refractivity contribution in [2.75, 3.05) is 0 Å². The molecule has 0 atom stereocenters. The van der Waals surface area contributed by atoms with Crippen molar-refractivity contribution in [3.8, 4) is 6.07 Å². The summed E-state index contributed by atoms with van der Waals surface area (Å²) >= 11 is 0. The Balaban J connectivity index is 2.20. The minimum absolute atomic E-state index is 0.0749. The number of rotatable bonds is 3. The summed E-state index contributed by atoms with van der Waals surface area (Å²) in [6.07, 6.45) is 1.99. The first-order valence-electron chi connectivity index (χ1n) is 7.48. The molecular weight excluding hydrogens is 254 g/mol. The van der Waals surface area contributed by atoms with E-state index in [0.717, 1.165) is 18.4 Å². The van der Waals surface area contributed by atoms with Crippen LogP contribution < -0.4 is 0 Å². The zero-order valence-electron chi connectivity index (χ0n) is 13.4. The molecule has 0 aromatic heterocycles. The van der Waals surface area contributed by atoms with Crippen LogP contribution in [0.5, 0.6) is 0 Å². The van der Waals surface area contributed by atoms with Gasteiger partial charge in [-0.05, 0) is 54.0 Å². The van der Waals surface area contributed by atoms with Crippen LogP contribution in [-0.2, 0) is 18.3 Å². The van der Waals surface area contributed by atoms with Crippen LogP contribution >= 0.6 is 0 Å². The summed E-state index contributed by atoms with van der Waals surface area (Å²) in [5.74, 6) is 0. The summed E-state index contributed by atoms with van der Waals surface area (Å²) in [4.78, 5) is 0. The number of aryl methyl sites for hydroxylation is 3. The first-order valence-corrected chi connectivity index (χ1v) is 7.48. The van der Waals surface area contributed by atoms with Crippen LogP contribution in [0, 0.1) is 18.3 Å². The van der Waals surface area contributed by atoms with Gasteiger partial charge in [-0.3, -0.25) is 0 Å².